The first kappa shape index (κ1) is 12.8. The van der Waals surface area contributed by atoms with Crippen LogP contribution in [0.25, 0.3) is 0 Å². The van der Waals surface area contributed by atoms with Crippen molar-refractivity contribution in [2.45, 2.75) is 6.42 Å². The third-order valence-corrected chi connectivity index (χ3v) is 3.60. The smallest absolute Gasteiger partial charge is 0.166 e. The second-order valence-corrected chi connectivity index (χ2v) is 5.67. The van der Waals surface area contributed by atoms with E-state index >= 15 is 0 Å². The molecule has 1 fully saturated rings. The lowest BCUT2D eigenvalue weighted by Crippen LogP contribution is -2.28. The molecule has 1 unspecified atom stereocenters. The van der Waals surface area contributed by atoms with E-state index in [1.54, 1.807) is 6.20 Å². The Bertz CT molecular complexity index is 399. The van der Waals surface area contributed by atoms with Gasteiger partial charge in [0.1, 0.15) is 0 Å². The van der Waals surface area contributed by atoms with E-state index in [0.717, 1.165) is 19.6 Å². The third-order valence-electron chi connectivity index (χ3n) is 3.17. The van der Waals surface area contributed by atoms with Crippen molar-refractivity contribution in [3.8, 4) is 0 Å². The average Bonchev–Trinajstić information content (AvgIpc) is 2.63. The standard InChI is InChI=1S/C12H17BrFN3/c1-16-4-3-9(7-16)8-17(2)12-11(14)5-10(13)6-15-12/h5-6,9H,3-4,7-8H2,1-2H3. The van der Waals surface area contributed by atoms with Gasteiger partial charge in [-0.1, -0.05) is 0 Å². The fraction of sp³-hybridized carbons (Fsp3) is 0.583. The molecule has 1 aromatic heterocycles. The Kier molecular flexibility index (Phi) is 3.99. The van der Waals surface area contributed by atoms with E-state index in [0.29, 0.717) is 16.2 Å². The van der Waals surface area contributed by atoms with Crippen LogP contribution < -0.4 is 4.90 Å². The van der Waals surface area contributed by atoms with E-state index in [4.69, 9.17) is 0 Å². The van der Waals surface area contributed by atoms with Gasteiger partial charge in [-0.2, -0.15) is 0 Å². The van der Waals surface area contributed by atoms with Gasteiger partial charge in [-0.05, 0) is 47.9 Å². The zero-order chi connectivity index (χ0) is 12.4. The first-order chi connectivity index (χ1) is 8.06. The second kappa shape index (κ2) is 5.31. The number of hydrogen-bond donors (Lipinski definition) is 0. The van der Waals surface area contributed by atoms with Gasteiger partial charge >= 0.3 is 0 Å². The summed E-state index contributed by atoms with van der Waals surface area (Å²) in [5.74, 6) is 0.769. The van der Waals surface area contributed by atoms with Crippen LogP contribution in [0, 0.1) is 11.7 Å². The predicted molar refractivity (Wildman–Crippen MR) is 70.8 cm³/mol. The maximum Gasteiger partial charge on any atom is 0.166 e. The van der Waals surface area contributed by atoms with E-state index in [1.807, 2.05) is 11.9 Å². The van der Waals surface area contributed by atoms with E-state index in [2.05, 4.69) is 32.9 Å². The van der Waals surface area contributed by atoms with Crippen molar-refractivity contribution in [1.82, 2.24) is 9.88 Å². The van der Waals surface area contributed by atoms with Gasteiger partial charge in [0, 0.05) is 30.8 Å². The summed E-state index contributed by atoms with van der Waals surface area (Å²) >= 11 is 3.21. The molecule has 0 aromatic carbocycles. The van der Waals surface area contributed by atoms with Crippen LogP contribution >= 0.6 is 15.9 Å². The summed E-state index contributed by atoms with van der Waals surface area (Å²) in [6.45, 7) is 3.08. The number of pyridine rings is 1. The number of nitrogens with zero attached hydrogens (tertiary/aromatic N) is 3. The number of halogens is 2. The molecule has 0 amide bonds. The van der Waals surface area contributed by atoms with Crippen molar-refractivity contribution in [2.24, 2.45) is 5.92 Å². The molecule has 0 saturated carbocycles. The molecule has 1 aromatic rings. The summed E-state index contributed by atoms with van der Waals surface area (Å²) in [6.07, 6.45) is 2.81. The molecule has 2 heterocycles. The lowest BCUT2D eigenvalue weighted by atomic mass is 10.1. The van der Waals surface area contributed by atoms with Gasteiger partial charge in [0.05, 0.1) is 0 Å². The van der Waals surface area contributed by atoms with Crippen molar-refractivity contribution in [2.75, 3.05) is 38.6 Å². The monoisotopic (exact) mass is 301 g/mol. The summed E-state index contributed by atoms with van der Waals surface area (Å²) in [6, 6.07) is 1.46. The van der Waals surface area contributed by atoms with Gasteiger partial charge in [0.25, 0.3) is 0 Å². The number of aromatic nitrogens is 1. The molecule has 0 radical (unpaired) electrons. The van der Waals surface area contributed by atoms with Crippen molar-refractivity contribution in [1.29, 1.82) is 0 Å². The quantitative estimate of drug-likeness (QED) is 0.854. The van der Waals surface area contributed by atoms with Gasteiger partial charge in [-0.25, -0.2) is 9.37 Å². The molecule has 1 aliphatic heterocycles. The van der Waals surface area contributed by atoms with Gasteiger partial charge in [0.15, 0.2) is 11.6 Å². The fourth-order valence-electron chi connectivity index (χ4n) is 2.34. The molecule has 0 spiro atoms. The fourth-order valence-corrected chi connectivity index (χ4v) is 2.64. The lowest BCUT2D eigenvalue weighted by Gasteiger charge is -2.22. The molecule has 3 nitrogen and oxygen atoms in total. The molecule has 1 saturated heterocycles. The van der Waals surface area contributed by atoms with Crippen molar-refractivity contribution < 1.29 is 4.39 Å². The predicted octanol–water partition coefficient (Wildman–Crippen LogP) is 2.37. The summed E-state index contributed by atoms with van der Waals surface area (Å²) in [5.41, 5.74) is 0. The molecule has 1 aliphatic rings. The van der Waals surface area contributed by atoms with Crippen LogP contribution in [0.4, 0.5) is 10.2 Å². The summed E-state index contributed by atoms with van der Waals surface area (Å²) in [4.78, 5) is 8.35. The maximum absolute atomic E-state index is 13.7. The molecule has 5 heteroatoms. The largest absolute Gasteiger partial charge is 0.357 e. The normalized spacial score (nSPS) is 20.8. The minimum Gasteiger partial charge on any atom is -0.357 e. The second-order valence-electron chi connectivity index (χ2n) is 4.76. The third kappa shape index (κ3) is 3.16. The first-order valence-electron chi connectivity index (χ1n) is 5.77. The van der Waals surface area contributed by atoms with Crippen LogP contribution in [0.15, 0.2) is 16.7 Å². The Labute approximate surface area is 110 Å². The topological polar surface area (TPSA) is 19.4 Å². The number of anilines is 1. The van der Waals surface area contributed by atoms with E-state index in [1.165, 1.54) is 12.5 Å². The highest BCUT2D eigenvalue weighted by molar-refractivity contribution is 9.10. The molecule has 2 rings (SSSR count). The van der Waals surface area contributed by atoms with Crippen molar-refractivity contribution in [3.05, 3.63) is 22.6 Å². The summed E-state index contributed by atoms with van der Waals surface area (Å²) in [7, 11) is 4.02. The molecular formula is C12H17BrFN3. The maximum atomic E-state index is 13.7. The number of rotatable bonds is 3. The van der Waals surface area contributed by atoms with Crippen LogP contribution in [0.5, 0.6) is 0 Å². The zero-order valence-corrected chi connectivity index (χ0v) is 11.7. The highest BCUT2D eigenvalue weighted by Gasteiger charge is 2.22. The summed E-state index contributed by atoms with van der Waals surface area (Å²) in [5, 5.41) is 0. The Morgan fingerprint density at radius 1 is 1.65 bits per heavy atom. The van der Waals surface area contributed by atoms with Crippen LogP contribution in [-0.4, -0.2) is 43.6 Å². The first-order valence-corrected chi connectivity index (χ1v) is 6.56. The SMILES string of the molecule is CN1CCC(CN(C)c2ncc(Br)cc2F)C1. The molecular weight excluding hydrogens is 285 g/mol. The highest BCUT2D eigenvalue weighted by Crippen LogP contribution is 2.22. The van der Waals surface area contributed by atoms with Gasteiger partial charge in [-0.3, -0.25) is 0 Å². The minimum absolute atomic E-state index is 0.270. The Morgan fingerprint density at radius 2 is 2.41 bits per heavy atom. The van der Waals surface area contributed by atoms with Gasteiger partial charge in [-0.15, -0.1) is 0 Å². The van der Waals surface area contributed by atoms with E-state index in [-0.39, 0.29) is 5.82 Å². The molecule has 0 aliphatic carbocycles. The number of likely N-dealkylation sites (tertiary alicyclic amines) is 1. The zero-order valence-electron chi connectivity index (χ0n) is 10.2. The average molecular weight is 302 g/mol. The number of hydrogen-bond acceptors (Lipinski definition) is 3. The Morgan fingerprint density at radius 3 is 3.00 bits per heavy atom. The summed E-state index contributed by atoms with van der Waals surface area (Å²) < 4.78 is 14.4. The molecule has 1 atom stereocenters. The molecule has 94 valence electrons. The highest BCUT2D eigenvalue weighted by atomic mass is 79.9. The van der Waals surface area contributed by atoms with E-state index < -0.39 is 0 Å². The molecule has 0 N–H and O–H groups in total. The van der Waals surface area contributed by atoms with Crippen molar-refractivity contribution in [3.63, 3.8) is 0 Å². The van der Waals surface area contributed by atoms with Crippen LogP contribution in [0.2, 0.25) is 0 Å². The lowest BCUT2D eigenvalue weighted by molar-refractivity contribution is 0.395. The van der Waals surface area contributed by atoms with Crippen LogP contribution in [-0.2, 0) is 0 Å². The Hall–Kier alpha value is -0.680. The van der Waals surface area contributed by atoms with Crippen LogP contribution in [0.1, 0.15) is 6.42 Å². The van der Waals surface area contributed by atoms with E-state index in [9.17, 15) is 4.39 Å². The minimum atomic E-state index is -0.270. The van der Waals surface area contributed by atoms with Gasteiger partial charge < -0.3 is 9.80 Å². The van der Waals surface area contributed by atoms with Crippen LogP contribution in [0.3, 0.4) is 0 Å². The molecule has 0 bridgehead atoms. The molecule has 17 heavy (non-hydrogen) atoms. The van der Waals surface area contributed by atoms with Gasteiger partial charge in [0.2, 0.25) is 0 Å². The Balaban J connectivity index is 2.01. The van der Waals surface area contributed by atoms with Crippen molar-refractivity contribution >= 4 is 21.7 Å².